The van der Waals surface area contributed by atoms with E-state index in [1.54, 1.807) is 16.7 Å². The molecule has 1 heterocycles. The maximum absolute atomic E-state index is 14.2. The lowest BCUT2D eigenvalue weighted by molar-refractivity contribution is -0.136. The first-order valence-corrected chi connectivity index (χ1v) is 11.2. The van der Waals surface area contributed by atoms with E-state index in [1.165, 1.54) is 0 Å². The molecule has 7 heteroatoms. The number of carbonyl (C=O) groups excluding carboxylic acids is 2. The first kappa shape index (κ1) is 22.7. The molecular weight excluding hydrogens is 388 g/mol. The minimum atomic E-state index is -0.972. The average Bonchev–Trinajstić information content (AvgIpc) is 3.26. The van der Waals surface area contributed by atoms with Crippen LogP contribution in [0, 0.1) is 17.6 Å². The van der Waals surface area contributed by atoms with Crippen molar-refractivity contribution in [2.75, 3.05) is 38.1 Å². The van der Waals surface area contributed by atoms with Crippen molar-refractivity contribution >= 4 is 17.5 Å². The highest BCUT2D eigenvalue weighted by Crippen LogP contribution is 2.30. The van der Waals surface area contributed by atoms with Gasteiger partial charge in [0.05, 0.1) is 5.69 Å². The predicted octanol–water partition coefficient (Wildman–Crippen LogP) is 3.95. The molecule has 30 heavy (non-hydrogen) atoms. The van der Waals surface area contributed by atoms with Gasteiger partial charge >= 0.3 is 0 Å². The molecule has 0 bridgehead atoms. The zero-order valence-corrected chi connectivity index (χ0v) is 18.1. The van der Waals surface area contributed by atoms with Crippen molar-refractivity contribution in [3.8, 4) is 0 Å². The van der Waals surface area contributed by atoms with E-state index in [1.807, 2.05) is 7.05 Å². The molecule has 0 atom stereocenters. The molecule has 0 saturated heterocycles. The van der Waals surface area contributed by atoms with E-state index in [0.29, 0.717) is 24.3 Å². The fourth-order valence-corrected chi connectivity index (χ4v) is 4.57. The third-order valence-corrected chi connectivity index (χ3v) is 6.28. The minimum Gasteiger partial charge on any atom is -0.338 e. The van der Waals surface area contributed by atoms with Crippen LogP contribution in [0.4, 0.5) is 14.5 Å². The third-order valence-electron chi connectivity index (χ3n) is 6.28. The number of carbonyl (C=O) groups is 2. The normalized spacial score (nSPS) is 19.9. The Morgan fingerprint density at radius 3 is 2.27 bits per heavy atom. The monoisotopic (exact) mass is 421 g/mol. The van der Waals surface area contributed by atoms with Gasteiger partial charge in [0.25, 0.3) is 0 Å². The van der Waals surface area contributed by atoms with Crippen LogP contribution in [0.2, 0.25) is 0 Å². The van der Waals surface area contributed by atoms with Crippen LogP contribution in [0.1, 0.15) is 57.4 Å². The van der Waals surface area contributed by atoms with Crippen molar-refractivity contribution in [2.45, 2.75) is 58.4 Å². The topological polar surface area (TPSA) is 43.9 Å². The molecule has 2 amide bonds. The number of nitrogens with zero attached hydrogens (tertiary/aromatic N) is 3. The van der Waals surface area contributed by atoms with Crippen molar-refractivity contribution in [3.05, 3.63) is 29.3 Å². The summed E-state index contributed by atoms with van der Waals surface area (Å²) >= 11 is 0. The maximum Gasteiger partial charge on any atom is 0.226 e. The van der Waals surface area contributed by atoms with E-state index < -0.39 is 11.6 Å². The van der Waals surface area contributed by atoms with E-state index in [0.717, 1.165) is 63.7 Å². The summed E-state index contributed by atoms with van der Waals surface area (Å²) in [5.41, 5.74) is 0.879. The molecule has 1 aromatic carbocycles. The van der Waals surface area contributed by atoms with E-state index in [9.17, 15) is 18.4 Å². The zero-order valence-electron chi connectivity index (χ0n) is 18.1. The number of halogens is 2. The second-order valence-corrected chi connectivity index (χ2v) is 8.55. The summed E-state index contributed by atoms with van der Waals surface area (Å²) in [4.78, 5) is 31.4. The average molecular weight is 422 g/mol. The molecule has 0 radical (unpaired) electrons. The van der Waals surface area contributed by atoms with E-state index >= 15 is 0 Å². The Balaban J connectivity index is 1.99. The van der Waals surface area contributed by atoms with Crippen molar-refractivity contribution in [2.24, 2.45) is 5.92 Å². The molecule has 1 aliphatic carbocycles. The molecular formula is C23H33F2N3O2. The van der Waals surface area contributed by atoms with Crippen molar-refractivity contribution in [1.29, 1.82) is 0 Å². The molecule has 1 fully saturated rings. The fraction of sp³-hybridized carbons (Fsp3) is 0.652. The van der Waals surface area contributed by atoms with Crippen molar-refractivity contribution < 1.29 is 18.4 Å². The van der Waals surface area contributed by atoms with Crippen LogP contribution < -0.4 is 4.90 Å². The number of hydrogen-bond donors (Lipinski definition) is 0. The number of anilines is 1. The van der Waals surface area contributed by atoms with E-state index in [-0.39, 0.29) is 30.7 Å². The van der Waals surface area contributed by atoms with Crippen molar-refractivity contribution in [1.82, 2.24) is 9.80 Å². The highest BCUT2D eigenvalue weighted by molar-refractivity contribution is 5.94. The lowest BCUT2D eigenvalue weighted by Gasteiger charge is -2.32. The van der Waals surface area contributed by atoms with Crippen molar-refractivity contribution in [3.63, 3.8) is 0 Å². The second kappa shape index (κ2) is 10.3. The standard InChI is InChI=1S/C23H33F2N3O2/c1-3-22(29)28-13-7-11-26(2)10-6-12-27(23(30)17-8-4-5-9-17)16-18-14-19(24)20(25)15-21(18)28/h14-15,17H,3-13,16H2,1-2H3. The summed E-state index contributed by atoms with van der Waals surface area (Å²) in [5.74, 6) is -1.94. The molecule has 0 N–H and O–H groups in total. The van der Waals surface area contributed by atoms with Gasteiger partial charge in [-0.25, -0.2) is 8.78 Å². The number of fused-ring (bicyclic) bond motifs is 1. The Bertz CT molecular complexity index is 765. The smallest absolute Gasteiger partial charge is 0.226 e. The van der Waals surface area contributed by atoms with Gasteiger partial charge in [-0.1, -0.05) is 19.8 Å². The molecule has 1 aliphatic heterocycles. The third kappa shape index (κ3) is 5.36. The predicted molar refractivity (Wildman–Crippen MR) is 113 cm³/mol. The van der Waals surface area contributed by atoms with Gasteiger partial charge in [0.2, 0.25) is 11.8 Å². The molecule has 2 aliphatic rings. The van der Waals surface area contributed by atoms with Gasteiger partial charge < -0.3 is 14.7 Å². The summed E-state index contributed by atoms with van der Waals surface area (Å²) in [6, 6.07) is 2.28. The zero-order chi connectivity index (χ0) is 21.7. The summed E-state index contributed by atoms with van der Waals surface area (Å²) < 4.78 is 28.3. The van der Waals surface area contributed by atoms with Gasteiger partial charge in [-0.15, -0.1) is 0 Å². The number of rotatable bonds is 2. The Morgan fingerprint density at radius 2 is 1.60 bits per heavy atom. The van der Waals surface area contributed by atoms with Gasteiger partial charge in [-0.05, 0) is 57.5 Å². The van der Waals surface area contributed by atoms with Gasteiger partial charge in [0.1, 0.15) is 0 Å². The minimum absolute atomic E-state index is 0.0118. The fourth-order valence-electron chi connectivity index (χ4n) is 4.57. The molecule has 0 aromatic heterocycles. The quantitative estimate of drug-likeness (QED) is 0.726. The summed E-state index contributed by atoms with van der Waals surface area (Å²) in [7, 11) is 2.03. The Hall–Kier alpha value is -2.02. The highest BCUT2D eigenvalue weighted by atomic mass is 19.2. The van der Waals surface area contributed by atoms with Crippen LogP contribution in [0.15, 0.2) is 12.1 Å². The maximum atomic E-state index is 14.2. The Morgan fingerprint density at radius 1 is 0.967 bits per heavy atom. The SMILES string of the molecule is CCC(=O)N1CCCN(C)CCCN(C(=O)C2CCCC2)Cc2cc(F)c(F)cc21. The van der Waals surface area contributed by atoms with Crippen LogP contribution in [0.25, 0.3) is 0 Å². The molecule has 3 rings (SSSR count). The molecule has 1 saturated carbocycles. The molecule has 0 spiro atoms. The van der Waals surface area contributed by atoms with Gasteiger partial charge in [-0.3, -0.25) is 9.59 Å². The summed E-state index contributed by atoms with van der Waals surface area (Å²) in [6.07, 6.45) is 5.74. The molecule has 1 aromatic rings. The number of amides is 2. The van der Waals surface area contributed by atoms with Crippen LogP contribution >= 0.6 is 0 Å². The Labute approximate surface area is 178 Å². The lowest BCUT2D eigenvalue weighted by atomic mass is 10.0. The van der Waals surface area contributed by atoms with Crippen LogP contribution in [-0.2, 0) is 16.1 Å². The van der Waals surface area contributed by atoms with Crippen LogP contribution in [-0.4, -0.2) is 54.8 Å². The first-order chi connectivity index (χ1) is 14.4. The molecule has 0 unspecified atom stereocenters. The molecule has 166 valence electrons. The lowest BCUT2D eigenvalue weighted by Crippen LogP contribution is -2.39. The van der Waals surface area contributed by atoms with Crippen LogP contribution in [0.3, 0.4) is 0 Å². The summed E-state index contributed by atoms with van der Waals surface area (Å²) in [5, 5.41) is 0. The second-order valence-electron chi connectivity index (χ2n) is 8.55. The molecule has 5 nitrogen and oxygen atoms in total. The first-order valence-electron chi connectivity index (χ1n) is 11.2. The number of benzene rings is 1. The van der Waals surface area contributed by atoms with Crippen LogP contribution in [0.5, 0.6) is 0 Å². The Kier molecular flexibility index (Phi) is 7.81. The highest BCUT2D eigenvalue weighted by Gasteiger charge is 2.29. The summed E-state index contributed by atoms with van der Waals surface area (Å²) in [6.45, 7) is 4.61. The van der Waals surface area contributed by atoms with Gasteiger partial charge in [0.15, 0.2) is 11.6 Å². The largest absolute Gasteiger partial charge is 0.338 e. The van der Waals surface area contributed by atoms with Gasteiger partial charge in [0, 0.05) is 38.0 Å². The van der Waals surface area contributed by atoms with E-state index in [2.05, 4.69) is 4.90 Å². The number of hydrogen-bond acceptors (Lipinski definition) is 3. The van der Waals surface area contributed by atoms with Gasteiger partial charge in [-0.2, -0.15) is 0 Å². The van der Waals surface area contributed by atoms with E-state index in [4.69, 9.17) is 0 Å².